The maximum Gasteiger partial charge on any atom is 0.282 e. The molecule has 0 radical (unpaired) electrons. The van der Waals surface area contributed by atoms with Crippen molar-refractivity contribution in [3.8, 4) is 0 Å². The topological polar surface area (TPSA) is 33.5 Å². The van der Waals surface area contributed by atoms with Gasteiger partial charge in [-0.25, -0.2) is 0 Å². The normalized spacial score (nSPS) is 13.4. The SMILES string of the molecule is Cc1ccccc1C[NH+](C)[C@H](C)C(=O)Nc1ccc(Cl)cc1Cl. The van der Waals surface area contributed by atoms with Crippen molar-refractivity contribution in [2.75, 3.05) is 12.4 Å². The van der Waals surface area contributed by atoms with Gasteiger partial charge in [-0.15, -0.1) is 0 Å². The summed E-state index contributed by atoms with van der Waals surface area (Å²) in [6, 6.07) is 13.1. The number of carbonyl (C=O) groups excluding carboxylic acids is 1. The van der Waals surface area contributed by atoms with Crippen LogP contribution in [0.25, 0.3) is 0 Å². The summed E-state index contributed by atoms with van der Waals surface area (Å²) in [6.07, 6.45) is 0. The van der Waals surface area contributed by atoms with Gasteiger partial charge in [-0.05, 0) is 37.6 Å². The van der Waals surface area contributed by atoms with E-state index in [1.165, 1.54) is 11.1 Å². The van der Waals surface area contributed by atoms with Crippen LogP contribution >= 0.6 is 23.2 Å². The predicted octanol–water partition coefficient (Wildman–Crippen LogP) is 3.34. The summed E-state index contributed by atoms with van der Waals surface area (Å²) in [4.78, 5) is 13.6. The molecule has 0 bridgehead atoms. The van der Waals surface area contributed by atoms with Gasteiger partial charge in [-0.3, -0.25) is 4.79 Å². The third-order valence-corrected chi connectivity index (χ3v) is 4.60. The van der Waals surface area contributed by atoms with Crippen molar-refractivity contribution in [3.63, 3.8) is 0 Å². The van der Waals surface area contributed by atoms with Gasteiger partial charge in [0.25, 0.3) is 5.91 Å². The van der Waals surface area contributed by atoms with Gasteiger partial charge >= 0.3 is 0 Å². The van der Waals surface area contributed by atoms with Crippen molar-refractivity contribution in [1.29, 1.82) is 0 Å². The number of amides is 1. The van der Waals surface area contributed by atoms with Crippen LogP contribution < -0.4 is 10.2 Å². The van der Waals surface area contributed by atoms with Crippen LogP contribution in [0.4, 0.5) is 5.69 Å². The number of carbonyl (C=O) groups is 1. The molecule has 122 valence electrons. The van der Waals surface area contributed by atoms with E-state index in [0.29, 0.717) is 15.7 Å². The second-order valence-corrected chi connectivity index (χ2v) is 6.63. The highest BCUT2D eigenvalue weighted by Gasteiger charge is 2.23. The number of hydrogen-bond acceptors (Lipinski definition) is 1. The minimum Gasteiger partial charge on any atom is -0.324 e. The number of halogens is 2. The Labute approximate surface area is 147 Å². The van der Waals surface area contributed by atoms with Gasteiger partial charge in [0.1, 0.15) is 6.54 Å². The molecule has 2 aromatic carbocycles. The van der Waals surface area contributed by atoms with E-state index in [4.69, 9.17) is 23.2 Å². The first-order valence-corrected chi connectivity index (χ1v) is 8.27. The Hall–Kier alpha value is -1.55. The maximum atomic E-state index is 12.4. The number of likely N-dealkylation sites (N-methyl/N-ethyl adjacent to an activating group) is 1. The monoisotopic (exact) mass is 351 g/mol. The summed E-state index contributed by atoms with van der Waals surface area (Å²) in [7, 11) is 2.01. The van der Waals surface area contributed by atoms with Crippen LogP contribution in [0.15, 0.2) is 42.5 Å². The molecule has 0 saturated carbocycles. The number of anilines is 1. The first kappa shape index (κ1) is 17.8. The summed E-state index contributed by atoms with van der Waals surface area (Å²) in [5.41, 5.74) is 3.06. The van der Waals surface area contributed by atoms with E-state index in [0.717, 1.165) is 11.4 Å². The lowest BCUT2D eigenvalue weighted by atomic mass is 10.1. The fourth-order valence-electron chi connectivity index (χ4n) is 2.32. The summed E-state index contributed by atoms with van der Waals surface area (Å²) < 4.78 is 0. The minimum atomic E-state index is -0.207. The van der Waals surface area contributed by atoms with Gasteiger partial charge in [0.05, 0.1) is 17.8 Å². The number of benzene rings is 2. The van der Waals surface area contributed by atoms with Crippen molar-refractivity contribution in [2.24, 2.45) is 0 Å². The molecule has 0 aliphatic heterocycles. The molecule has 0 aliphatic carbocycles. The van der Waals surface area contributed by atoms with Crippen molar-refractivity contribution in [1.82, 2.24) is 0 Å². The van der Waals surface area contributed by atoms with E-state index >= 15 is 0 Å². The molecule has 0 saturated heterocycles. The highest BCUT2D eigenvalue weighted by atomic mass is 35.5. The molecule has 2 N–H and O–H groups in total. The summed E-state index contributed by atoms with van der Waals surface area (Å²) >= 11 is 12.0. The Morgan fingerprint density at radius 3 is 2.57 bits per heavy atom. The second kappa shape index (κ2) is 7.82. The largest absolute Gasteiger partial charge is 0.324 e. The van der Waals surface area contributed by atoms with Crippen LogP contribution in [0.1, 0.15) is 18.1 Å². The Kier molecular flexibility index (Phi) is 6.05. The molecule has 2 atom stereocenters. The molecule has 2 rings (SSSR count). The van der Waals surface area contributed by atoms with E-state index in [1.54, 1.807) is 18.2 Å². The fourth-order valence-corrected chi connectivity index (χ4v) is 2.77. The molecule has 3 nitrogen and oxygen atoms in total. The molecular formula is C18H21Cl2N2O+. The van der Waals surface area contributed by atoms with Crippen LogP contribution in [0, 0.1) is 6.92 Å². The summed E-state index contributed by atoms with van der Waals surface area (Å²) in [5, 5.41) is 3.85. The Morgan fingerprint density at radius 1 is 1.22 bits per heavy atom. The molecule has 0 fully saturated rings. The van der Waals surface area contributed by atoms with Gasteiger partial charge in [0.2, 0.25) is 0 Å². The molecule has 1 amide bonds. The molecule has 23 heavy (non-hydrogen) atoms. The molecule has 5 heteroatoms. The van der Waals surface area contributed by atoms with E-state index < -0.39 is 0 Å². The van der Waals surface area contributed by atoms with E-state index in [1.807, 2.05) is 26.1 Å². The average molecular weight is 352 g/mol. The highest BCUT2D eigenvalue weighted by Crippen LogP contribution is 2.25. The zero-order valence-corrected chi connectivity index (χ0v) is 15.0. The number of aryl methyl sites for hydroxylation is 1. The summed E-state index contributed by atoms with van der Waals surface area (Å²) in [6.45, 7) is 4.78. The second-order valence-electron chi connectivity index (χ2n) is 5.78. The predicted molar refractivity (Wildman–Crippen MR) is 96.3 cm³/mol. The molecule has 2 aromatic rings. The van der Waals surface area contributed by atoms with E-state index in [9.17, 15) is 4.79 Å². The van der Waals surface area contributed by atoms with Gasteiger partial charge in [0, 0.05) is 10.6 Å². The zero-order valence-electron chi connectivity index (χ0n) is 13.5. The van der Waals surface area contributed by atoms with Crippen molar-refractivity contribution < 1.29 is 9.69 Å². The fraction of sp³-hybridized carbons (Fsp3) is 0.278. The number of rotatable bonds is 5. The van der Waals surface area contributed by atoms with Crippen molar-refractivity contribution >= 4 is 34.8 Å². The molecular weight excluding hydrogens is 331 g/mol. The van der Waals surface area contributed by atoms with E-state index in [2.05, 4.69) is 24.4 Å². The number of quaternary nitrogens is 1. The van der Waals surface area contributed by atoms with Crippen LogP contribution in [-0.2, 0) is 11.3 Å². The molecule has 0 heterocycles. The molecule has 0 aromatic heterocycles. The van der Waals surface area contributed by atoms with E-state index in [-0.39, 0.29) is 11.9 Å². The van der Waals surface area contributed by atoms with Gasteiger partial charge in [-0.2, -0.15) is 0 Å². The number of nitrogens with one attached hydrogen (secondary N) is 2. The maximum absolute atomic E-state index is 12.4. The molecule has 1 unspecified atom stereocenters. The van der Waals surface area contributed by atoms with Crippen molar-refractivity contribution in [2.45, 2.75) is 26.4 Å². The van der Waals surface area contributed by atoms with Crippen LogP contribution in [0.2, 0.25) is 10.0 Å². The van der Waals surface area contributed by atoms with Crippen molar-refractivity contribution in [3.05, 3.63) is 63.6 Å². The standard InChI is InChI=1S/C18H20Cl2N2O/c1-12-6-4-5-7-14(12)11-22(3)13(2)18(23)21-17-9-8-15(19)10-16(17)20/h4-10,13H,11H2,1-3H3,(H,21,23)/p+1/t13-/m1/s1. The first-order valence-electron chi connectivity index (χ1n) is 7.51. The van der Waals surface area contributed by atoms with Gasteiger partial charge in [0.15, 0.2) is 6.04 Å². The Morgan fingerprint density at radius 2 is 1.91 bits per heavy atom. The lowest BCUT2D eigenvalue weighted by molar-refractivity contribution is -0.907. The highest BCUT2D eigenvalue weighted by molar-refractivity contribution is 6.36. The first-order chi connectivity index (χ1) is 10.9. The smallest absolute Gasteiger partial charge is 0.282 e. The quantitative estimate of drug-likeness (QED) is 0.850. The molecule has 0 spiro atoms. The Bertz CT molecular complexity index is 703. The molecule has 0 aliphatic rings. The third kappa shape index (κ3) is 4.71. The lowest BCUT2D eigenvalue weighted by Gasteiger charge is -2.22. The zero-order chi connectivity index (χ0) is 17.0. The minimum absolute atomic E-state index is 0.0692. The van der Waals surface area contributed by atoms with Crippen LogP contribution in [-0.4, -0.2) is 19.0 Å². The lowest BCUT2D eigenvalue weighted by Crippen LogP contribution is -3.12. The number of hydrogen-bond donors (Lipinski definition) is 2. The third-order valence-electron chi connectivity index (χ3n) is 4.05. The van der Waals surface area contributed by atoms with Gasteiger partial charge < -0.3 is 10.2 Å². The van der Waals surface area contributed by atoms with Crippen LogP contribution in [0.5, 0.6) is 0 Å². The van der Waals surface area contributed by atoms with Crippen LogP contribution in [0.3, 0.4) is 0 Å². The van der Waals surface area contributed by atoms with Gasteiger partial charge in [-0.1, -0.05) is 47.5 Å². The summed E-state index contributed by atoms with van der Waals surface area (Å²) in [5.74, 6) is -0.0692. The Balaban J connectivity index is 2.02. The average Bonchev–Trinajstić information content (AvgIpc) is 2.51.